The Balaban J connectivity index is 0.00000112. The summed E-state index contributed by atoms with van der Waals surface area (Å²) in [5.74, 6) is 0.214. The van der Waals surface area contributed by atoms with Crippen molar-refractivity contribution in [1.82, 2.24) is 10.6 Å². The highest BCUT2D eigenvalue weighted by atomic mass is 35.5. The molecule has 0 aromatic heterocycles. The third-order valence-corrected chi connectivity index (χ3v) is 4.39. The predicted molar refractivity (Wildman–Crippen MR) is 66.7 cm³/mol. The Labute approximate surface area is 102 Å². The van der Waals surface area contributed by atoms with E-state index in [1.54, 1.807) is 0 Å². The van der Waals surface area contributed by atoms with E-state index in [4.69, 9.17) is 0 Å². The van der Waals surface area contributed by atoms with Crippen LogP contribution in [0.4, 0.5) is 0 Å². The molecule has 2 rings (SSSR count). The van der Waals surface area contributed by atoms with Gasteiger partial charge in [-0.1, -0.05) is 0 Å². The number of halogens is 1. The van der Waals surface area contributed by atoms with E-state index in [-0.39, 0.29) is 24.4 Å². The second-order valence-electron chi connectivity index (χ2n) is 4.12. The van der Waals surface area contributed by atoms with Crippen LogP contribution in [0.2, 0.25) is 0 Å². The van der Waals surface area contributed by atoms with E-state index in [9.17, 15) is 4.79 Å². The highest BCUT2D eigenvalue weighted by Crippen LogP contribution is 2.30. The molecule has 1 saturated carbocycles. The van der Waals surface area contributed by atoms with Crippen LogP contribution in [0.15, 0.2) is 0 Å². The lowest BCUT2D eigenvalue weighted by atomic mass is 9.92. The summed E-state index contributed by atoms with van der Waals surface area (Å²) in [5.41, 5.74) is 0. The van der Waals surface area contributed by atoms with Gasteiger partial charge >= 0.3 is 0 Å². The van der Waals surface area contributed by atoms with Crippen LogP contribution in [-0.2, 0) is 4.79 Å². The van der Waals surface area contributed by atoms with Crippen LogP contribution < -0.4 is 10.6 Å². The summed E-state index contributed by atoms with van der Waals surface area (Å²) in [6, 6.07) is 0.512. The van der Waals surface area contributed by atoms with E-state index in [2.05, 4.69) is 16.9 Å². The minimum Gasteiger partial charge on any atom is -0.351 e. The molecule has 0 spiro atoms. The topological polar surface area (TPSA) is 41.1 Å². The molecule has 3 atom stereocenters. The Morgan fingerprint density at radius 2 is 2.20 bits per heavy atom. The van der Waals surface area contributed by atoms with E-state index < -0.39 is 0 Å². The normalized spacial score (nSPS) is 34.1. The molecule has 0 bridgehead atoms. The molecule has 15 heavy (non-hydrogen) atoms. The molecule has 3 unspecified atom stereocenters. The van der Waals surface area contributed by atoms with Crippen molar-refractivity contribution in [3.8, 4) is 0 Å². The molecule has 1 aliphatic heterocycles. The lowest BCUT2D eigenvalue weighted by Gasteiger charge is -2.36. The fourth-order valence-corrected chi connectivity index (χ4v) is 3.01. The molecule has 2 N–H and O–H groups in total. The highest BCUT2D eigenvalue weighted by Gasteiger charge is 2.33. The third-order valence-electron chi connectivity index (χ3n) is 3.22. The largest absolute Gasteiger partial charge is 0.351 e. The maximum atomic E-state index is 11.7. The fraction of sp³-hybridized carbons (Fsp3) is 0.900. The van der Waals surface area contributed by atoms with E-state index in [1.807, 2.05) is 11.8 Å². The molecule has 5 heteroatoms. The maximum absolute atomic E-state index is 11.7. The number of nitrogens with one attached hydrogen (secondary N) is 2. The molecule has 1 amide bonds. The first-order valence-electron chi connectivity index (χ1n) is 5.38. The number of hydrogen-bond acceptors (Lipinski definition) is 3. The number of amides is 1. The molecule has 1 aliphatic carbocycles. The zero-order valence-corrected chi connectivity index (χ0v) is 10.6. The van der Waals surface area contributed by atoms with Gasteiger partial charge in [-0.25, -0.2) is 0 Å². The molecule has 0 radical (unpaired) electrons. The summed E-state index contributed by atoms with van der Waals surface area (Å²) in [6.07, 6.45) is 6.67. The van der Waals surface area contributed by atoms with Gasteiger partial charge in [0.05, 0.1) is 6.04 Å². The average molecular weight is 251 g/mol. The molecule has 2 fully saturated rings. The monoisotopic (exact) mass is 250 g/mol. The Bertz CT molecular complexity index is 219. The number of carbonyl (C=O) groups excluding carboxylic acids is 1. The number of thioether (sulfide) groups is 1. The van der Waals surface area contributed by atoms with Gasteiger partial charge in [-0.2, -0.15) is 11.8 Å². The van der Waals surface area contributed by atoms with E-state index >= 15 is 0 Å². The van der Waals surface area contributed by atoms with Crippen LogP contribution >= 0.6 is 24.2 Å². The summed E-state index contributed by atoms with van der Waals surface area (Å²) in [7, 11) is 0. The average Bonchev–Trinajstić information content (AvgIpc) is 2.65. The van der Waals surface area contributed by atoms with Crippen molar-refractivity contribution >= 4 is 30.1 Å². The summed E-state index contributed by atoms with van der Waals surface area (Å²) < 4.78 is 0. The van der Waals surface area contributed by atoms with Crippen LogP contribution in [0.5, 0.6) is 0 Å². The zero-order valence-electron chi connectivity index (χ0n) is 8.99. The van der Waals surface area contributed by atoms with Crippen LogP contribution in [0.25, 0.3) is 0 Å². The second kappa shape index (κ2) is 5.97. The van der Waals surface area contributed by atoms with Gasteiger partial charge in [0, 0.05) is 11.3 Å². The van der Waals surface area contributed by atoms with Gasteiger partial charge in [-0.3, -0.25) is 4.79 Å². The minimum absolute atomic E-state index is 0. The highest BCUT2D eigenvalue weighted by molar-refractivity contribution is 7.99. The summed E-state index contributed by atoms with van der Waals surface area (Å²) in [5, 5.41) is 7.01. The van der Waals surface area contributed by atoms with E-state index in [0.29, 0.717) is 11.3 Å². The summed E-state index contributed by atoms with van der Waals surface area (Å²) >= 11 is 1.87. The molecule has 0 aromatic carbocycles. The minimum atomic E-state index is 0. The van der Waals surface area contributed by atoms with Crippen LogP contribution in [0.3, 0.4) is 0 Å². The molecule has 1 heterocycles. The third kappa shape index (κ3) is 3.02. The second-order valence-corrected chi connectivity index (χ2v) is 5.19. The molecular formula is C10H19ClN2OS. The van der Waals surface area contributed by atoms with Crippen molar-refractivity contribution in [1.29, 1.82) is 0 Å². The molecule has 2 aliphatic rings. The van der Waals surface area contributed by atoms with Gasteiger partial charge in [0.25, 0.3) is 0 Å². The molecule has 3 nitrogen and oxygen atoms in total. The summed E-state index contributed by atoms with van der Waals surface area (Å²) in [6.45, 7) is 0.995. The fourth-order valence-electron chi connectivity index (χ4n) is 2.11. The van der Waals surface area contributed by atoms with Gasteiger partial charge in [0.15, 0.2) is 0 Å². The maximum Gasteiger partial charge on any atom is 0.237 e. The van der Waals surface area contributed by atoms with E-state index in [0.717, 1.165) is 25.8 Å². The first-order valence-corrected chi connectivity index (χ1v) is 6.66. The number of rotatable bonds is 3. The molecule has 1 saturated heterocycles. The molecule has 88 valence electrons. The van der Waals surface area contributed by atoms with Crippen LogP contribution in [-0.4, -0.2) is 36.0 Å². The van der Waals surface area contributed by atoms with Gasteiger partial charge in [0.1, 0.15) is 0 Å². The Morgan fingerprint density at radius 1 is 1.40 bits per heavy atom. The number of carbonyl (C=O) groups is 1. The number of hydrogen-bond donors (Lipinski definition) is 2. The first kappa shape index (κ1) is 13.1. The lowest BCUT2D eigenvalue weighted by Crippen LogP contribution is -2.53. The van der Waals surface area contributed by atoms with Crippen molar-refractivity contribution in [3.05, 3.63) is 0 Å². The van der Waals surface area contributed by atoms with Crippen molar-refractivity contribution in [2.45, 2.75) is 43.0 Å². The standard InChI is InChI=1S/C10H18N2OS.ClH/c1-14-9-5-4-7(9)12-10(13)8-3-2-6-11-8;/h7-9,11H,2-6H2,1H3,(H,12,13);1H. The van der Waals surface area contributed by atoms with Gasteiger partial charge in [-0.05, 0) is 38.5 Å². The van der Waals surface area contributed by atoms with Crippen LogP contribution in [0.1, 0.15) is 25.7 Å². The van der Waals surface area contributed by atoms with E-state index in [1.165, 1.54) is 6.42 Å². The lowest BCUT2D eigenvalue weighted by molar-refractivity contribution is -0.123. The van der Waals surface area contributed by atoms with Crippen molar-refractivity contribution in [2.75, 3.05) is 12.8 Å². The van der Waals surface area contributed by atoms with Crippen molar-refractivity contribution < 1.29 is 4.79 Å². The van der Waals surface area contributed by atoms with Gasteiger partial charge in [0.2, 0.25) is 5.91 Å². The molecular weight excluding hydrogens is 232 g/mol. The van der Waals surface area contributed by atoms with Gasteiger partial charge in [-0.15, -0.1) is 12.4 Å². The zero-order chi connectivity index (χ0) is 9.97. The summed E-state index contributed by atoms with van der Waals surface area (Å²) in [4.78, 5) is 11.7. The predicted octanol–water partition coefficient (Wildman–Crippen LogP) is 1.17. The van der Waals surface area contributed by atoms with Crippen molar-refractivity contribution in [2.24, 2.45) is 0 Å². The van der Waals surface area contributed by atoms with Gasteiger partial charge < -0.3 is 10.6 Å². The molecule has 0 aromatic rings. The van der Waals surface area contributed by atoms with Crippen LogP contribution in [0, 0.1) is 0 Å². The Hall–Kier alpha value is 0.0700. The SMILES string of the molecule is CSC1CCC1NC(=O)C1CCCN1.Cl. The quantitative estimate of drug-likeness (QED) is 0.790. The first-order chi connectivity index (χ1) is 6.81. The smallest absolute Gasteiger partial charge is 0.237 e. The van der Waals surface area contributed by atoms with Crippen molar-refractivity contribution in [3.63, 3.8) is 0 Å². The Kier molecular flexibility index (Phi) is 5.23. The Morgan fingerprint density at radius 3 is 2.67 bits per heavy atom.